The van der Waals surface area contributed by atoms with Gasteiger partial charge in [0.15, 0.2) is 11.6 Å². The molecule has 0 fully saturated rings. The van der Waals surface area contributed by atoms with Crippen molar-refractivity contribution in [2.24, 2.45) is 0 Å². The van der Waals surface area contributed by atoms with Crippen LogP contribution in [-0.4, -0.2) is 36.0 Å². The summed E-state index contributed by atoms with van der Waals surface area (Å²) in [6.45, 7) is 8.71. The van der Waals surface area contributed by atoms with E-state index in [1.54, 1.807) is 36.4 Å². The van der Waals surface area contributed by atoms with E-state index in [1.165, 1.54) is 6.08 Å². The number of likely N-dealkylation sites (N-methyl/N-ethyl adjacent to an activating group) is 1. The van der Waals surface area contributed by atoms with Crippen LogP contribution in [0.3, 0.4) is 0 Å². The molecule has 0 aliphatic carbocycles. The number of anilines is 1. The molecule has 6 nitrogen and oxygen atoms in total. The van der Waals surface area contributed by atoms with Crippen LogP contribution >= 0.6 is 0 Å². The molecular formula is C24H29N3O3. The fourth-order valence-electron chi connectivity index (χ4n) is 2.51. The molecule has 0 saturated carbocycles. The van der Waals surface area contributed by atoms with Crippen LogP contribution in [0.4, 0.5) is 5.82 Å². The molecule has 0 aliphatic heterocycles. The Balaban J connectivity index is 2.01. The highest BCUT2D eigenvalue weighted by Crippen LogP contribution is 2.22. The van der Waals surface area contributed by atoms with Crippen LogP contribution in [-0.2, 0) is 16.1 Å². The fraction of sp³-hybridized carbons (Fsp3) is 0.250. The molecule has 1 heterocycles. The van der Waals surface area contributed by atoms with Crippen molar-refractivity contribution in [2.75, 3.05) is 25.9 Å². The number of allylic oxidation sites excluding steroid dienone is 1. The average molecular weight is 408 g/mol. The normalized spacial score (nSPS) is 10.5. The predicted octanol–water partition coefficient (Wildman–Crippen LogP) is 4.21. The summed E-state index contributed by atoms with van der Waals surface area (Å²) in [5, 5.41) is 0. The molecule has 0 spiro atoms. The van der Waals surface area contributed by atoms with Crippen molar-refractivity contribution in [1.29, 1.82) is 0 Å². The number of ether oxygens (including phenoxy) is 2. The van der Waals surface area contributed by atoms with Crippen LogP contribution in [0.15, 0.2) is 72.7 Å². The van der Waals surface area contributed by atoms with Gasteiger partial charge in [-0.15, -0.1) is 0 Å². The highest BCUT2D eigenvalue weighted by atomic mass is 16.5. The van der Waals surface area contributed by atoms with Crippen molar-refractivity contribution < 1.29 is 14.3 Å². The zero-order valence-corrected chi connectivity index (χ0v) is 17.8. The second kappa shape index (κ2) is 11.5. The van der Waals surface area contributed by atoms with Crippen LogP contribution in [0.25, 0.3) is 6.08 Å². The zero-order chi connectivity index (χ0) is 21.9. The summed E-state index contributed by atoms with van der Waals surface area (Å²) in [6, 6.07) is 11.6. The molecule has 0 radical (unpaired) electrons. The summed E-state index contributed by atoms with van der Waals surface area (Å²) in [4.78, 5) is 18.2. The number of aromatic nitrogens is 1. The summed E-state index contributed by atoms with van der Waals surface area (Å²) in [5.41, 5.74) is 8.69. The van der Waals surface area contributed by atoms with Crippen LogP contribution < -0.4 is 10.5 Å². The van der Waals surface area contributed by atoms with E-state index in [-0.39, 0.29) is 5.91 Å². The number of nitrogen functional groups attached to an aromatic ring is 1. The lowest BCUT2D eigenvalue weighted by Gasteiger charge is -2.19. The van der Waals surface area contributed by atoms with Crippen molar-refractivity contribution in [3.05, 3.63) is 83.8 Å². The van der Waals surface area contributed by atoms with Gasteiger partial charge in [0.05, 0.1) is 6.54 Å². The van der Waals surface area contributed by atoms with E-state index in [1.807, 2.05) is 44.2 Å². The van der Waals surface area contributed by atoms with E-state index in [4.69, 9.17) is 15.2 Å². The third kappa shape index (κ3) is 7.13. The number of hydrogen-bond donors (Lipinski definition) is 1. The van der Waals surface area contributed by atoms with Gasteiger partial charge in [-0.2, -0.15) is 0 Å². The van der Waals surface area contributed by atoms with Gasteiger partial charge in [0.25, 0.3) is 0 Å². The first-order valence-corrected chi connectivity index (χ1v) is 9.66. The number of nitrogens with two attached hydrogens (primary N) is 1. The molecule has 6 heteroatoms. The Morgan fingerprint density at radius 1 is 1.27 bits per heavy atom. The number of nitrogens with zero attached hydrogens (tertiary/aromatic N) is 2. The van der Waals surface area contributed by atoms with E-state index in [9.17, 15) is 4.79 Å². The molecule has 0 atom stereocenters. The quantitative estimate of drug-likeness (QED) is 0.363. The largest absolute Gasteiger partial charge is 0.492 e. The molecular weight excluding hydrogens is 378 g/mol. The fourth-order valence-corrected chi connectivity index (χ4v) is 2.51. The highest BCUT2D eigenvalue weighted by Gasteiger charge is 2.10. The summed E-state index contributed by atoms with van der Waals surface area (Å²) in [6.07, 6.45) is 6.46. The number of benzene rings is 1. The Labute approximate surface area is 178 Å². The van der Waals surface area contributed by atoms with Gasteiger partial charge in [-0.25, -0.2) is 4.98 Å². The van der Waals surface area contributed by atoms with Gasteiger partial charge in [0, 0.05) is 19.3 Å². The molecule has 1 aromatic heterocycles. The smallest absolute Gasteiger partial charge is 0.246 e. The Hall–Kier alpha value is -3.54. The number of carbonyl (C=O) groups is 1. The number of hydrogen-bond acceptors (Lipinski definition) is 5. The van der Waals surface area contributed by atoms with Crippen molar-refractivity contribution >= 4 is 17.8 Å². The van der Waals surface area contributed by atoms with Crippen LogP contribution in [0, 0.1) is 0 Å². The standard InChI is InChI=1S/C24H29N3O3/c1-5-13-29-22(18(2)3)16-27(4)23(28)12-11-20-14-21(24(25)26-15-20)30-17-19-9-7-6-8-10-19/h5-12,14-15H,1,13,16-17H2,2-4H3,(H2,25,26)/b12-11+. The lowest BCUT2D eigenvalue weighted by atomic mass is 10.2. The van der Waals surface area contributed by atoms with Crippen molar-refractivity contribution in [1.82, 2.24) is 9.88 Å². The van der Waals surface area contributed by atoms with Gasteiger partial charge in [0.2, 0.25) is 5.91 Å². The van der Waals surface area contributed by atoms with Gasteiger partial charge in [-0.1, -0.05) is 43.0 Å². The molecule has 0 unspecified atom stereocenters. The van der Waals surface area contributed by atoms with Gasteiger partial charge in [0.1, 0.15) is 19.0 Å². The van der Waals surface area contributed by atoms with E-state index < -0.39 is 0 Å². The molecule has 1 amide bonds. The van der Waals surface area contributed by atoms with Gasteiger partial charge >= 0.3 is 0 Å². The van der Waals surface area contributed by atoms with E-state index in [0.29, 0.717) is 31.3 Å². The first kappa shape index (κ1) is 22.7. The maximum absolute atomic E-state index is 12.5. The van der Waals surface area contributed by atoms with Crippen molar-refractivity contribution in [2.45, 2.75) is 20.5 Å². The van der Waals surface area contributed by atoms with Gasteiger partial charge in [-0.3, -0.25) is 4.79 Å². The van der Waals surface area contributed by atoms with Crippen molar-refractivity contribution in [3.8, 4) is 5.75 Å². The number of rotatable bonds is 10. The van der Waals surface area contributed by atoms with Crippen molar-refractivity contribution in [3.63, 3.8) is 0 Å². The maximum Gasteiger partial charge on any atom is 0.246 e. The molecule has 2 rings (SSSR count). The van der Waals surface area contributed by atoms with Crippen LogP contribution in [0.5, 0.6) is 5.75 Å². The number of pyridine rings is 1. The zero-order valence-electron chi connectivity index (χ0n) is 17.8. The minimum absolute atomic E-state index is 0.153. The molecule has 1 aromatic carbocycles. The molecule has 0 aliphatic rings. The summed E-state index contributed by atoms with van der Waals surface area (Å²) in [7, 11) is 1.72. The first-order valence-electron chi connectivity index (χ1n) is 9.66. The molecule has 30 heavy (non-hydrogen) atoms. The van der Waals surface area contributed by atoms with Crippen LogP contribution in [0.2, 0.25) is 0 Å². The van der Waals surface area contributed by atoms with Gasteiger partial charge < -0.3 is 20.1 Å². The van der Waals surface area contributed by atoms with E-state index in [2.05, 4.69) is 11.6 Å². The minimum Gasteiger partial charge on any atom is -0.492 e. The topological polar surface area (TPSA) is 77.7 Å². The van der Waals surface area contributed by atoms with E-state index in [0.717, 1.165) is 22.5 Å². The summed E-state index contributed by atoms with van der Waals surface area (Å²) < 4.78 is 11.4. The number of carbonyl (C=O) groups excluding carboxylic acids is 1. The third-order valence-electron chi connectivity index (χ3n) is 4.25. The molecule has 0 saturated heterocycles. The lowest BCUT2D eigenvalue weighted by molar-refractivity contribution is -0.124. The summed E-state index contributed by atoms with van der Waals surface area (Å²) >= 11 is 0. The minimum atomic E-state index is -0.153. The second-order valence-electron chi connectivity index (χ2n) is 6.98. The Morgan fingerprint density at radius 2 is 2.00 bits per heavy atom. The molecule has 158 valence electrons. The Morgan fingerprint density at radius 3 is 2.67 bits per heavy atom. The van der Waals surface area contributed by atoms with Gasteiger partial charge in [-0.05, 0) is 42.7 Å². The number of amides is 1. The predicted molar refractivity (Wildman–Crippen MR) is 121 cm³/mol. The molecule has 0 bridgehead atoms. The lowest BCUT2D eigenvalue weighted by Crippen LogP contribution is -2.28. The highest BCUT2D eigenvalue weighted by molar-refractivity contribution is 5.91. The average Bonchev–Trinajstić information content (AvgIpc) is 2.75. The molecule has 2 aromatic rings. The Bertz CT molecular complexity index is 917. The SMILES string of the molecule is C=CCOC(CN(C)C(=O)/C=C/c1cnc(N)c(OCc2ccccc2)c1)=C(C)C. The third-order valence-corrected chi connectivity index (χ3v) is 4.25. The maximum atomic E-state index is 12.5. The van der Waals surface area contributed by atoms with E-state index >= 15 is 0 Å². The first-order chi connectivity index (χ1) is 14.4. The monoisotopic (exact) mass is 407 g/mol. The summed E-state index contributed by atoms with van der Waals surface area (Å²) in [5.74, 6) is 1.38. The van der Waals surface area contributed by atoms with Crippen LogP contribution in [0.1, 0.15) is 25.0 Å². The molecule has 2 N–H and O–H groups in total. The second-order valence-corrected chi connectivity index (χ2v) is 6.98. The Kier molecular flexibility index (Phi) is 8.69.